The van der Waals surface area contributed by atoms with Crippen molar-refractivity contribution in [3.63, 3.8) is 0 Å². The Labute approximate surface area is 111 Å². The van der Waals surface area contributed by atoms with Crippen LogP contribution in [0.25, 0.3) is 0 Å². The summed E-state index contributed by atoms with van der Waals surface area (Å²) in [6.07, 6.45) is 3.38. The van der Waals surface area contributed by atoms with Gasteiger partial charge in [-0.05, 0) is 37.8 Å². The summed E-state index contributed by atoms with van der Waals surface area (Å²) in [6.45, 7) is 1.93. The largest absolute Gasteiger partial charge is 0.393 e. The zero-order chi connectivity index (χ0) is 14.0. The maximum Gasteiger partial charge on any atom is 0.304 e. The summed E-state index contributed by atoms with van der Waals surface area (Å²) in [5.74, 6) is 0.0439. The van der Waals surface area contributed by atoms with Crippen molar-refractivity contribution in [2.45, 2.75) is 32.2 Å². The van der Waals surface area contributed by atoms with Gasteiger partial charge in [0.2, 0.25) is 0 Å². The fourth-order valence-corrected chi connectivity index (χ4v) is 2.29. The Morgan fingerprint density at radius 3 is 2.74 bits per heavy atom. The van der Waals surface area contributed by atoms with Gasteiger partial charge >= 0.3 is 5.69 Å². The first kappa shape index (κ1) is 13.3. The Kier molecular flexibility index (Phi) is 3.69. The maximum absolute atomic E-state index is 12.1. The molecule has 1 saturated carbocycles. The highest BCUT2D eigenvalue weighted by molar-refractivity contribution is 6.00. The van der Waals surface area contributed by atoms with Crippen molar-refractivity contribution in [1.29, 1.82) is 0 Å². The minimum Gasteiger partial charge on any atom is -0.393 e. The van der Waals surface area contributed by atoms with Crippen molar-refractivity contribution in [1.82, 2.24) is 5.32 Å². The molecule has 1 aliphatic rings. The number of benzene rings is 1. The molecule has 0 bridgehead atoms. The molecule has 6 nitrogen and oxygen atoms in total. The Balaban J connectivity index is 2.18. The number of nitrogens with two attached hydrogens (primary N) is 1. The van der Waals surface area contributed by atoms with Gasteiger partial charge in [-0.3, -0.25) is 14.9 Å². The summed E-state index contributed by atoms with van der Waals surface area (Å²) in [4.78, 5) is 22.5. The van der Waals surface area contributed by atoms with Gasteiger partial charge in [0.05, 0.1) is 4.92 Å². The normalized spacial score (nSPS) is 16.5. The van der Waals surface area contributed by atoms with E-state index in [2.05, 4.69) is 5.32 Å². The highest BCUT2D eigenvalue weighted by atomic mass is 16.6. The Bertz CT molecular complexity index is 512. The fraction of sp³-hybridized carbons (Fsp3) is 0.462. The number of hydrogen-bond donors (Lipinski definition) is 2. The first-order valence-electron chi connectivity index (χ1n) is 6.34. The van der Waals surface area contributed by atoms with Crippen LogP contribution in [0.3, 0.4) is 0 Å². The van der Waals surface area contributed by atoms with Crippen molar-refractivity contribution in [2.24, 2.45) is 5.92 Å². The standard InChI is InChI=1S/C13H17N3O3/c1-8(9-4-2-5-9)15-13(17)10-6-3-7-11(14)12(10)16(18)19/h3,6-9H,2,4-5,14H2,1H3,(H,15,17). The molecular weight excluding hydrogens is 246 g/mol. The molecule has 1 atom stereocenters. The molecule has 2 rings (SSSR count). The van der Waals surface area contributed by atoms with E-state index in [0.717, 1.165) is 12.8 Å². The molecule has 6 heteroatoms. The minimum absolute atomic E-state index is 0.00828. The molecule has 0 aromatic heterocycles. The molecule has 0 aliphatic heterocycles. The van der Waals surface area contributed by atoms with Gasteiger partial charge in [-0.15, -0.1) is 0 Å². The van der Waals surface area contributed by atoms with Gasteiger partial charge in [-0.1, -0.05) is 12.5 Å². The van der Waals surface area contributed by atoms with E-state index in [0.29, 0.717) is 5.92 Å². The van der Waals surface area contributed by atoms with Gasteiger partial charge in [0, 0.05) is 6.04 Å². The second-order valence-corrected chi connectivity index (χ2v) is 4.95. The Morgan fingerprint density at radius 1 is 1.53 bits per heavy atom. The van der Waals surface area contributed by atoms with E-state index < -0.39 is 10.8 Å². The lowest BCUT2D eigenvalue weighted by atomic mass is 9.80. The van der Waals surface area contributed by atoms with Crippen molar-refractivity contribution in [2.75, 3.05) is 5.73 Å². The van der Waals surface area contributed by atoms with Crippen LogP contribution in [0, 0.1) is 16.0 Å². The summed E-state index contributed by atoms with van der Waals surface area (Å²) in [6, 6.07) is 4.43. The third-order valence-electron chi connectivity index (χ3n) is 3.71. The quantitative estimate of drug-likeness (QED) is 0.493. The van der Waals surface area contributed by atoms with Crippen LogP contribution < -0.4 is 11.1 Å². The number of amides is 1. The van der Waals surface area contributed by atoms with Crippen molar-refractivity contribution >= 4 is 17.3 Å². The molecule has 1 aliphatic carbocycles. The number of carbonyl (C=O) groups excluding carboxylic acids is 1. The molecule has 1 fully saturated rings. The number of anilines is 1. The first-order valence-corrected chi connectivity index (χ1v) is 6.34. The van der Waals surface area contributed by atoms with Gasteiger partial charge in [-0.25, -0.2) is 0 Å². The lowest BCUT2D eigenvalue weighted by Crippen LogP contribution is -2.40. The highest BCUT2D eigenvalue weighted by Crippen LogP contribution is 2.30. The molecule has 0 saturated heterocycles. The van der Waals surface area contributed by atoms with Crippen LogP contribution in [0.2, 0.25) is 0 Å². The van der Waals surface area contributed by atoms with Gasteiger partial charge in [-0.2, -0.15) is 0 Å². The average molecular weight is 263 g/mol. The topological polar surface area (TPSA) is 98.3 Å². The number of nitrogen functional groups attached to an aromatic ring is 1. The predicted octanol–water partition coefficient (Wildman–Crippen LogP) is 2.10. The molecule has 0 spiro atoms. The fourth-order valence-electron chi connectivity index (χ4n) is 2.29. The summed E-state index contributed by atoms with van der Waals surface area (Å²) in [5, 5.41) is 13.8. The zero-order valence-corrected chi connectivity index (χ0v) is 10.8. The van der Waals surface area contributed by atoms with Crippen LogP contribution in [0.4, 0.5) is 11.4 Å². The number of nitrogens with zero attached hydrogens (tertiary/aromatic N) is 1. The van der Waals surface area contributed by atoms with Crippen LogP contribution in [0.5, 0.6) is 0 Å². The second-order valence-electron chi connectivity index (χ2n) is 4.95. The van der Waals surface area contributed by atoms with Crippen molar-refractivity contribution in [3.05, 3.63) is 33.9 Å². The highest BCUT2D eigenvalue weighted by Gasteiger charge is 2.28. The number of hydrogen-bond acceptors (Lipinski definition) is 4. The van der Waals surface area contributed by atoms with Crippen molar-refractivity contribution < 1.29 is 9.72 Å². The smallest absolute Gasteiger partial charge is 0.304 e. The maximum atomic E-state index is 12.1. The molecule has 1 amide bonds. The van der Waals surface area contributed by atoms with Crippen LogP contribution >= 0.6 is 0 Å². The molecule has 1 aromatic rings. The summed E-state index contributed by atoms with van der Waals surface area (Å²) >= 11 is 0. The van der Waals surface area contributed by atoms with E-state index in [-0.39, 0.29) is 23.0 Å². The molecule has 0 radical (unpaired) electrons. The van der Waals surface area contributed by atoms with Crippen LogP contribution in [0.15, 0.2) is 18.2 Å². The van der Waals surface area contributed by atoms with E-state index >= 15 is 0 Å². The lowest BCUT2D eigenvalue weighted by Gasteiger charge is -2.31. The molecule has 1 unspecified atom stereocenters. The van der Waals surface area contributed by atoms with E-state index in [9.17, 15) is 14.9 Å². The monoisotopic (exact) mass is 263 g/mol. The number of rotatable bonds is 4. The number of nitrogens with one attached hydrogen (secondary N) is 1. The SMILES string of the molecule is CC(NC(=O)c1cccc(N)c1[N+](=O)[O-])C1CCC1. The first-order chi connectivity index (χ1) is 9.00. The molecule has 3 N–H and O–H groups in total. The summed E-state index contributed by atoms with van der Waals surface area (Å²) in [7, 11) is 0. The second kappa shape index (κ2) is 5.26. The van der Waals surface area contributed by atoms with Gasteiger partial charge in [0.15, 0.2) is 0 Å². The molecule has 0 heterocycles. The van der Waals surface area contributed by atoms with Gasteiger partial charge < -0.3 is 11.1 Å². The van der Waals surface area contributed by atoms with Gasteiger partial charge in [0.25, 0.3) is 5.91 Å². The number of carbonyl (C=O) groups is 1. The number of nitro groups is 1. The summed E-state index contributed by atoms with van der Waals surface area (Å²) < 4.78 is 0. The van der Waals surface area contributed by atoms with E-state index in [1.807, 2.05) is 6.92 Å². The Morgan fingerprint density at radius 2 is 2.21 bits per heavy atom. The minimum atomic E-state index is -0.613. The third kappa shape index (κ3) is 2.67. The average Bonchev–Trinajstić information content (AvgIpc) is 2.25. The Hall–Kier alpha value is -2.11. The number of para-hydroxylation sites is 1. The molecule has 19 heavy (non-hydrogen) atoms. The lowest BCUT2D eigenvalue weighted by molar-refractivity contribution is -0.384. The third-order valence-corrected chi connectivity index (χ3v) is 3.71. The molecule has 102 valence electrons. The van der Waals surface area contributed by atoms with Crippen molar-refractivity contribution in [3.8, 4) is 0 Å². The van der Waals surface area contributed by atoms with Crippen LogP contribution in [0.1, 0.15) is 36.5 Å². The van der Waals surface area contributed by atoms with Crippen LogP contribution in [-0.4, -0.2) is 16.9 Å². The molecular formula is C13H17N3O3. The zero-order valence-electron chi connectivity index (χ0n) is 10.8. The van der Waals surface area contributed by atoms with E-state index in [4.69, 9.17) is 5.73 Å². The molecule has 1 aromatic carbocycles. The van der Waals surface area contributed by atoms with E-state index in [1.165, 1.54) is 18.6 Å². The van der Waals surface area contributed by atoms with Gasteiger partial charge in [0.1, 0.15) is 11.3 Å². The van der Waals surface area contributed by atoms with Crippen LogP contribution in [-0.2, 0) is 0 Å². The number of nitro benzene ring substituents is 1. The predicted molar refractivity (Wildman–Crippen MR) is 71.8 cm³/mol. The van der Waals surface area contributed by atoms with E-state index in [1.54, 1.807) is 6.07 Å². The summed E-state index contributed by atoms with van der Waals surface area (Å²) in [5.41, 5.74) is 5.28.